The van der Waals surface area contributed by atoms with E-state index in [4.69, 9.17) is 9.15 Å². The van der Waals surface area contributed by atoms with Gasteiger partial charge in [0.2, 0.25) is 0 Å². The van der Waals surface area contributed by atoms with Gasteiger partial charge in [0.1, 0.15) is 11.3 Å². The summed E-state index contributed by atoms with van der Waals surface area (Å²) in [6.07, 6.45) is 0.879. The highest BCUT2D eigenvalue weighted by molar-refractivity contribution is 6.04. The molecular weight excluding hydrogens is 266 g/mol. The van der Waals surface area contributed by atoms with Gasteiger partial charge in [0.05, 0.1) is 6.61 Å². The second-order valence-electron chi connectivity index (χ2n) is 5.02. The summed E-state index contributed by atoms with van der Waals surface area (Å²) >= 11 is 0. The van der Waals surface area contributed by atoms with Crippen LogP contribution >= 0.6 is 0 Å². The zero-order valence-electron chi connectivity index (χ0n) is 11.3. The minimum absolute atomic E-state index is 0.245. The van der Waals surface area contributed by atoms with Crippen molar-refractivity contribution >= 4 is 22.6 Å². The molecule has 0 spiro atoms. The SMILES string of the molecule is O=C(Nc1ccc2c(c1)CCO2)c1cc2ccccc2o1. The van der Waals surface area contributed by atoms with E-state index in [1.54, 1.807) is 6.07 Å². The van der Waals surface area contributed by atoms with Gasteiger partial charge in [0.25, 0.3) is 5.91 Å². The molecule has 1 aliphatic heterocycles. The van der Waals surface area contributed by atoms with Gasteiger partial charge in [-0.25, -0.2) is 0 Å². The Morgan fingerprint density at radius 1 is 1.10 bits per heavy atom. The highest BCUT2D eigenvalue weighted by Gasteiger charge is 2.15. The number of fused-ring (bicyclic) bond motifs is 2. The lowest BCUT2D eigenvalue weighted by atomic mass is 10.1. The van der Waals surface area contributed by atoms with Crippen LogP contribution in [0.25, 0.3) is 11.0 Å². The summed E-state index contributed by atoms with van der Waals surface area (Å²) < 4.78 is 11.0. The molecule has 3 aromatic rings. The first-order chi connectivity index (χ1) is 10.3. The molecule has 2 heterocycles. The second kappa shape index (κ2) is 4.66. The molecule has 1 N–H and O–H groups in total. The van der Waals surface area contributed by atoms with Crippen LogP contribution in [0.1, 0.15) is 16.1 Å². The molecule has 1 amide bonds. The van der Waals surface area contributed by atoms with E-state index in [-0.39, 0.29) is 5.91 Å². The van der Waals surface area contributed by atoms with Gasteiger partial charge < -0.3 is 14.5 Å². The molecule has 4 heteroatoms. The first kappa shape index (κ1) is 12.0. The van der Waals surface area contributed by atoms with Crippen LogP contribution in [0.5, 0.6) is 5.75 Å². The van der Waals surface area contributed by atoms with Crippen molar-refractivity contribution in [3.05, 3.63) is 59.9 Å². The molecular formula is C17H13NO3. The lowest BCUT2D eigenvalue weighted by Gasteiger charge is -2.05. The van der Waals surface area contributed by atoms with Gasteiger partial charge in [-0.15, -0.1) is 0 Å². The fourth-order valence-corrected chi connectivity index (χ4v) is 2.55. The summed E-state index contributed by atoms with van der Waals surface area (Å²) in [4.78, 5) is 12.2. The maximum absolute atomic E-state index is 12.2. The minimum atomic E-state index is -0.245. The number of para-hydroxylation sites is 1. The summed E-state index contributed by atoms with van der Waals surface area (Å²) in [5.74, 6) is 0.967. The molecule has 1 aromatic heterocycles. The normalized spacial score (nSPS) is 13.0. The van der Waals surface area contributed by atoms with Crippen LogP contribution in [0, 0.1) is 0 Å². The van der Waals surface area contributed by atoms with Crippen molar-refractivity contribution in [2.24, 2.45) is 0 Å². The second-order valence-corrected chi connectivity index (χ2v) is 5.02. The quantitative estimate of drug-likeness (QED) is 0.779. The number of anilines is 1. The van der Waals surface area contributed by atoms with Crippen LogP contribution in [0.3, 0.4) is 0 Å². The third-order valence-electron chi connectivity index (χ3n) is 3.60. The Bertz CT molecular complexity index is 802. The first-order valence-corrected chi connectivity index (χ1v) is 6.85. The van der Waals surface area contributed by atoms with Crippen LogP contribution in [0.15, 0.2) is 52.9 Å². The summed E-state index contributed by atoms with van der Waals surface area (Å²) in [5.41, 5.74) is 2.59. The van der Waals surface area contributed by atoms with E-state index in [9.17, 15) is 4.79 Å². The minimum Gasteiger partial charge on any atom is -0.493 e. The Balaban J connectivity index is 1.60. The maximum Gasteiger partial charge on any atom is 0.291 e. The molecule has 0 fully saturated rings. The molecule has 0 saturated heterocycles. The number of hydrogen-bond acceptors (Lipinski definition) is 3. The van der Waals surface area contributed by atoms with Crippen LogP contribution in [-0.2, 0) is 6.42 Å². The average Bonchev–Trinajstić information content (AvgIpc) is 3.13. The van der Waals surface area contributed by atoms with E-state index in [1.165, 1.54) is 0 Å². The standard InChI is InChI=1S/C17H13NO3/c19-17(16-10-11-3-1-2-4-15(11)21-16)18-13-5-6-14-12(9-13)7-8-20-14/h1-6,9-10H,7-8H2,(H,18,19). The van der Waals surface area contributed by atoms with Gasteiger partial charge in [0, 0.05) is 17.5 Å². The Morgan fingerprint density at radius 2 is 2.00 bits per heavy atom. The van der Waals surface area contributed by atoms with Crippen molar-refractivity contribution in [1.82, 2.24) is 0 Å². The number of benzene rings is 2. The van der Waals surface area contributed by atoms with Crippen LogP contribution in [0.2, 0.25) is 0 Å². The third kappa shape index (κ3) is 2.14. The monoisotopic (exact) mass is 279 g/mol. The lowest BCUT2D eigenvalue weighted by molar-refractivity contribution is 0.0998. The van der Waals surface area contributed by atoms with Crippen molar-refractivity contribution in [3.8, 4) is 5.75 Å². The van der Waals surface area contributed by atoms with E-state index in [1.807, 2.05) is 42.5 Å². The topological polar surface area (TPSA) is 51.5 Å². The molecule has 2 aromatic carbocycles. The molecule has 0 atom stereocenters. The van der Waals surface area contributed by atoms with Crippen molar-refractivity contribution in [3.63, 3.8) is 0 Å². The number of amides is 1. The van der Waals surface area contributed by atoms with Crippen molar-refractivity contribution in [2.45, 2.75) is 6.42 Å². The average molecular weight is 279 g/mol. The van der Waals surface area contributed by atoms with Gasteiger partial charge in [-0.1, -0.05) is 18.2 Å². The number of carbonyl (C=O) groups excluding carboxylic acids is 1. The van der Waals surface area contributed by atoms with Crippen molar-refractivity contribution in [2.75, 3.05) is 11.9 Å². The van der Waals surface area contributed by atoms with Crippen molar-refractivity contribution in [1.29, 1.82) is 0 Å². The number of ether oxygens (including phenoxy) is 1. The Hall–Kier alpha value is -2.75. The lowest BCUT2D eigenvalue weighted by Crippen LogP contribution is -2.10. The summed E-state index contributed by atoms with van der Waals surface area (Å²) in [5, 5.41) is 3.78. The van der Waals surface area contributed by atoms with Crippen LogP contribution in [-0.4, -0.2) is 12.5 Å². The molecule has 0 bridgehead atoms. The number of rotatable bonds is 2. The number of hydrogen-bond donors (Lipinski definition) is 1. The molecule has 21 heavy (non-hydrogen) atoms. The maximum atomic E-state index is 12.2. The van der Waals surface area contributed by atoms with Gasteiger partial charge in [-0.2, -0.15) is 0 Å². The van der Waals surface area contributed by atoms with Crippen LogP contribution < -0.4 is 10.1 Å². The molecule has 0 unspecified atom stereocenters. The molecule has 0 aliphatic carbocycles. The van der Waals surface area contributed by atoms with Gasteiger partial charge >= 0.3 is 0 Å². The Labute approximate surface area is 121 Å². The summed E-state index contributed by atoms with van der Waals surface area (Å²) in [6, 6.07) is 15.0. The molecule has 104 valence electrons. The Morgan fingerprint density at radius 3 is 2.90 bits per heavy atom. The molecule has 0 radical (unpaired) electrons. The summed E-state index contributed by atoms with van der Waals surface area (Å²) in [7, 11) is 0. The van der Waals surface area contributed by atoms with E-state index >= 15 is 0 Å². The van der Waals surface area contributed by atoms with Gasteiger partial charge in [-0.05, 0) is 35.9 Å². The molecule has 1 aliphatic rings. The third-order valence-corrected chi connectivity index (χ3v) is 3.60. The van der Waals surface area contributed by atoms with E-state index in [2.05, 4.69) is 5.32 Å². The smallest absolute Gasteiger partial charge is 0.291 e. The Kier molecular flexibility index (Phi) is 2.67. The zero-order valence-corrected chi connectivity index (χ0v) is 11.3. The van der Waals surface area contributed by atoms with Crippen LogP contribution in [0.4, 0.5) is 5.69 Å². The number of carbonyl (C=O) groups is 1. The first-order valence-electron chi connectivity index (χ1n) is 6.85. The number of nitrogens with one attached hydrogen (secondary N) is 1. The van der Waals surface area contributed by atoms with Gasteiger partial charge in [0.15, 0.2) is 5.76 Å². The summed E-state index contributed by atoms with van der Waals surface area (Å²) in [6.45, 7) is 0.705. The largest absolute Gasteiger partial charge is 0.493 e. The van der Waals surface area contributed by atoms with E-state index in [0.29, 0.717) is 18.0 Å². The highest BCUT2D eigenvalue weighted by Crippen LogP contribution is 2.28. The molecule has 4 nitrogen and oxygen atoms in total. The van der Waals surface area contributed by atoms with E-state index in [0.717, 1.165) is 28.8 Å². The fourth-order valence-electron chi connectivity index (χ4n) is 2.55. The fraction of sp³-hybridized carbons (Fsp3) is 0.118. The number of furan rings is 1. The highest BCUT2D eigenvalue weighted by atomic mass is 16.5. The van der Waals surface area contributed by atoms with E-state index < -0.39 is 0 Å². The van der Waals surface area contributed by atoms with Crippen molar-refractivity contribution < 1.29 is 13.9 Å². The van der Waals surface area contributed by atoms with Gasteiger partial charge in [-0.3, -0.25) is 4.79 Å². The molecule has 4 rings (SSSR count). The predicted octanol–water partition coefficient (Wildman–Crippen LogP) is 3.62. The zero-order chi connectivity index (χ0) is 14.2. The predicted molar refractivity (Wildman–Crippen MR) is 79.8 cm³/mol. The molecule has 0 saturated carbocycles.